The molecule has 2 rings (SSSR count). The third kappa shape index (κ3) is 5.91. The molecule has 0 saturated carbocycles. The van der Waals surface area contributed by atoms with Gasteiger partial charge in [-0.1, -0.05) is 24.3 Å². The third-order valence-corrected chi connectivity index (χ3v) is 4.77. The molecule has 7 heteroatoms. The molecule has 1 atom stereocenters. The van der Waals surface area contributed by atoms with E-state index in [1.807, 2.05) is 37.4 Å². The number of anilines is 1. The highest BCUT2D eigenvalue weighted by Gasteiger charge is 2.23. The van der Waals surface area contributed by atoms with Crippen molar-refractivity contribution in [2.24, 2.45) is 0 Å². The van der Waals surface area contributed by atoms with Gasteiger partial charge in [0, 0.05) is 11.3 Å². The second-order valence-corrected chi connectivity index (χ2v) is 6.94. The SMILES string of the molecule is COC(=O)[C@H](CCSC)NC(=O)c1ccc(N)cc1-c1ccccc1C.Cl. The van der Waals surface area contributed by atoms with Crippen molar-refractivity contribution < 1.29 is 14.3 Å². The van der Waals surface area contributed by atoms with Crippen LogP contribution in [0.1, 0.15) is 22.3 Å². The molecule has 0 spiro atoms. The lowest BCUT2D eigenvalue weighted by atomic mass is 9.95. The summed E-state index contributed by atoms with van der Waals surface area (Å²) >= 11 is 1.61. The Balaban J connectivity index is 0.00000364. The Bertz CT molecular complexity index is 799. The predicted octanol–water partition coefficient (Wildman–Crippen LogP) is 3.69. The lowest BCUT2D eigenvalue weighted by Crippen LogP contribution is -2.42. The van der Waals surface area contributed by atoms with Crippen LogP contribution in [0.2, 0.25) is 0 Å². The number of nitrogen functional groups attached to an aromatic ring is 1. The van der Waals surface area contributed by atoms with Gasteiger partial charge in [-0.25, -0.2) is 4.79 Å². The molecule has 27 heavy (non-hydrogen) atoms. The molecule has 0 saturated heterocycles. The minimum Gasteiger partial charge on any atom is -0.467 e. The number of aryl methyl sites for hydroxylation is 1. The normalized spacial score (nSPS) is 11.2. The average Bonchev–Trinajstić information content (AvgIpc) is 2.64. The number of esters is 1. The number of thioether (sulfide) groups is 1. The van der Waals surface area contributed by atoms with Gasteiger partial charge >= 0.3 is 5.97 Å². The van der Waals surface area contributed by atoms with Crippen molar-refractivity contribution >= 4 is 41.7 Å². The zero-order valence-electron chi connectivity index (χ0n) is 15.7. The molecule has 0 aliphatic carbocycles. The highest BCUT2D eigenvalue weighted by Crippen LogP contribution is 2.29. The van der Waals surface area contributed by atoms with Crippen LogP contribution in [0.5, 0.6) is 0 Å². The van der Waals surface area contributed by atoms with E-state index in [9.17, 15) is 9.59 Å². The smallest absolute Gasteiger partial charge is 0.328 e. The first-order valence-electron chi connectivity index (χ1n) is 8.31. The van der Waals surface area contributed by atoms with Crippen molar-refractivity contribution in [2.75, 3.05) is 24.9 Å². The van der Waals surface area contributed by atoms with Crippen molar-refractivity contribution in [1.82, 2.24) is 5.32 Å². The first kappa shape index (κ1) is 22.9. The third-order valence-electron chi connectivity index (χ3n) is 4.13. The number of rotatable bonds is 7. The monoisotopic (exact) mass is 408 g/mol. The number of carbonyl (C=O) groups excluding carboxylic acids is 2. The standard InChI is InChI=1S/C20H24N2O3S.ClH/c1-13-6-4-5-7-15(13)17-12-14(21)8-9-16(17)19(23)22-18(10-11-26-3)20(24)25-2;/h4-9,12,18H,10-11,21H2,1-3H3,(H,22,23);1H/t18-;/m0./s1. The Morgan fingerprint density at radius 2 is 1.89 bits per heavy atom. The Hall–Kier alpha value is -2.18. The van der Waals surface area contributed by atoms with Gasteiger partial charge in [-0.15, -0.1) is 12.4 Å². The van der Waals surface area contributed by atoms with E-state index in [1.54, 1.807) is 30.0 Å². The van der Waals surface area contributed by atoms with Crippen LogP contribution in [0.3, 0.4) is 0 Å². The minimum absolute atomic E-state index is 0. The summed E-state index contributed by atoms with van der Waals surface area (Å²) in [6.07, 6.45) is 2.46. The fraction of sp³-hybridized carbons (Fsp3) is 0.300. The summed E-state index contributed by atoms with van der Waals surface area (Å²) in [7, 11) is 1.32. The van der Waals surface area contributed by atoms with E-state index in [2.05, 4.69) is 5.32 Å². The van der Waals surface area contributed by atoms with Crippen LogP contribution in [0, 0.1) is 6.92 Å². The minimum atomic E-state index is -0.678. The predicted molar refractivity (Wildman–Crippen MR) is 115 cm³/mol. The van der Waals surface area contributed by atoms with E-state index in [-0.39, 0.29) is 18.3 Å². The topological polar surface area (TPSA) is 81.4 Å². The molecule has 5 nitrogen and oxygen atoms in total. The van der Waals surface area contributed by atoms with Gasteiger partial charge in [-0.3, -0.25) is 4.79 Å². The molecule has 0 heterocycles. The van der Waals surface area contributed by atoms with Crippen LogP contribution in [0.15, 0.2) is 42.5 Å². The molecule has 0 bridgehead atoms. The second-order valence-electron chi connectivity index (χ2n) is 5.95. The zero-order valence-corrected chi connectivity index (χ0v) is 17.3. The number of carbonyl (C=O) groups is 2. The number of hydrogen-bond donors (Lipinski definition) is 2. The Kier molecular flexibility index (Phi) is 9.18. The van der Waals surface area contributed by atoms with Crippen LogP contribution >= 0.6 is 24.2 Å². The lowest BCUT2D eigenvalue weighted by Gasteiger charge is -2.18. The first-order valence-corrected chi connectivity index (χ1v) is 9.70. The maximum absolute atomic E-state index is 12.9. The van der Waals surface area contributed by atoms with Gasteiger partial charge in [0.25, 0.3) is 5.91 Å². The van der Waals surface area contributed by atoms with Crippen LogP contribution < -0.4 is 11.1 Å². The molecule has 0 aromatic heterocycles. The van der Waals surface area contributed by atoms with E-state index in [0.717, 1.165) is 22.4 Å². The maximum atomic E-state index is 12.9. The fourth-order valence-corrected chi connectivity index (χ4v) is 3.19. The van der Waals surface area contributed by atoms with Gasteiger partial charge in [-0.05, 0) is 60.2 Å². The van der Waals surface area contributed by atoms with Gasteiger partial charge in [0.05, 0.1) is 7.11 Å². The van der Waals surface area contributed by atoms with E-state index in [0.29, 0.717) is 17.7 Å². The molecule has 146 valence electrons. The molecule has 0 aliphatic rings. The summed E-state index contributed by atoms with van der Waals surface area (Å²) in [5.74, 6) is -0.0214. The van der Waals surface area contributed by atoms with Crippen molar-refractivity contribution in [1.29, 1.82) is 0 Å². The number of methoxy groups -OCH3 is 1. The summed E-state index contributed by atoms with van der Waals surface area (Å²) in [6, 6.07) is 12.3. The number of amides is 1. The summed E-state index contributed by atoms with van der Waals surface area (Å²) < 4.78 is 4.82. The fourth-order valence-electron chi connectivity index (χ4n) is 2.72. The van der Waals surface area contributed by atoms with Gasteiger partial charge in [0.1, 0.15) is 6.04 Å². The number of ether oxygens (including phenoxy) is 1. The number of halogens is 1. The Morgan fingerprint density at radius 3 is 2.52 bits per heavy atom. The maximum Gasteiger partial charge on any atom is 0.328 e. The summed E-state index contributed by atoms with van der Waals surface area (Å²) in [5.41, 5.74) is 9.72. The molecular formula is C20H25ClN2O3S. The lowest BCUT2D eigenvalue weighted by molar-refractivity contribution is -0.142. The van der Waals surface area contributed by atoms with Crippen molar-refractivity contribution in [3.05, 3.63) is 53.6 Å². The number of nitrogens with two attached hydrogens (primary N) is 1. The quantitative estimate of drug-likeness (QED) is 0.539. The number of nitrogens with one attached hydrogen (secondary N) is 1. The van der Waals surface area contributed by atoms with Crippen LogP contribution in [-0.4, -0.2) is 37.0 Å². The zero-order chi connectivity index (χ0) is 19.1. The van der Waals surface area contributed by atoms with Crippen LogP contribution in [-0.2, 0) is 9.53 Å². The highest BCUT2D eigenvalue weighted by molar-refractivity contribution is 7.98. The molecule has 2 aromatic carbocycles. The van der Waals surface area contributed by atoms with Gasteiger partial charge in [-0.2, -0.15) is 11.8 Å². The van der Waals surface area contributed by atoms with E-state index >= 15 is 0 Å². The summed E-state index contributed by atoms with van der Waals surface area (Å²) in [4.78, 5) is 24.9. The van der Waals surface area contributed by atoms with Crippen molar-refractivity contribution in [2.45, 2.75) is 19.4 Å². The van der Waals surface area contributed by atoms with E-state index < -0.39 is 12.0 Å². The summed E-state index contributed by atoms with van der Waals surface area (Å²) in [6.45, 7) is 1.98. The van der Waals surface area contributed by atoms with Gasteiger partial charge < -0.3 is 15.8 Å². The molecular weight excluding hydrogens is 384 g/mol. The van der Waals surface area contributed by atoms with Gasteiger partial charge in [0.15, 0.2) is 0 Å². The molecule has 0 radical (unpaired) electrons. The van der Waals surface area contributed by atoms with Crippen LogP contribution in [0.4, 0.5) is 5.69 Å². The van der Waals surface area contributed by atoms with E-state index in [4.69, 9.17) is 10.5 Å². The average molecular weight is 409 g/mol. The molecule has 0 aliphatic heterocycles. The number of hydrogen-bond acceptors (Lipinski definition) is 5. The largest absolute Gasteiger partial charge is 0.467 e. The summed E-state index contributed by atoms with van der Waals surface area (Å²) in [5, 5.41) is 2.80. The second kappa shape index (κ2) is 10.8. The molecule has 0 fully saturated rings. The van der Waals surface area contributed by atoms with Crippen molar-refractivity contribution in [3.8, 4) is 11.1 Å². The molecule has 1 amide bonds. The molecule has 0 unspecified atom stereocenters. The van der Waals surface area contributed by atoms with E-state index in [1.165, 1.54) is 7.11 Å². The van der Waals surface area contributed by atoms with Gasteiger partial charge in [0.2, 0.25) is 0 Å². The highest BCUT2D eigenvalue weighted by atomic mass is 35.5. The number of benzene rings is 2. The first-order chi connectivity index (χ1) is 12.5. The molecule has 2 aromatic rings. The van der Waals surface area contributed by atoms with Crippen LogP contribution in [0.25, 0.3) is 11.1 Å². The Labute approximate surface area is 170 Å². The van der Waals surface area contributed by atoms with Crippen molar-refractivity contribution in [3.63, 3.8) is 0 Å². The Morgan fingerprint density at radius 1 is 1.19 bits per heavy atom. The molecule has 3 N–H and O–H groups in total.